The van der Waals surface area contributed by atoms with Crippen molar-refractivity contribution in [2.24, 2.45) is 0 Å². The van der Waals surface area contributed by atoms with Crippen molar-refractivity contribution in [1.29, 1.82) is 0 Å². The summed E-state index contributed by atoms with van der Waals surface area (Å²) in [5.74, 6) is -0.790. The molecule has 0 fully saturated rings. The smallest absolute Gasteiger partial charge is 0.354 e. The Labute approximate surface area is 121 Å². The number of aromatic carboxylic acids is 1. The lowest BCUT2D eigenvalue weighted by atomic mass is 10.2. The van der Waals surface area contributed by atoms with Gasteiger partial charge in [0.25, 0.3) is 0 Å². The van der Waals surface area contributed by atoms with Crippen molar-refractivity contribution >= 4 is 56.0 Å². The molecule has 2 rings (SSSR count). The highest BCUT2D eigenvalue weighted by Gasteiger charge is 2.17. The van der Waals surface area contributed by atoms with Crippen molar-refractivity contribution < 1.29 is 14.6 Å². The fourth-order valence-electron chi connectivity index (χ4n) is 1.52. The van der Waals surface area contributed by atoms with Crippen LogP contribution in [0.3, 0.4) is 0 Å². The van der Waals surface area contributed by atoms with Crippen LogP contribution in [0.15, 0.2) is 16.6 Å². The number of carboxylic acids is 1. The van der Waals surface area contributed by atoms with Gasteiger partial charge in [0.2, 0.25) is 0 Å². The maximum atomic E-state index is 11.0. The summed E-state index contributed by atoms with van der Waals surface area (Å²) in [5.41, 5.74) is 0.140. The normalized spacial score (nSPS) is 10.7. The number of hydrogen-bond donors (Lipinski definition) is 1. The zero-order chi connectivity index (χ0) is 13.4. The van der Waals surface area contributed by atoms with Gasteiger partial charge in [0.15, 0.2) is 5.69 Å². The fraction of sp³-hybridized carbons (Fsp3) is 0.0909. The zero-order valence-corrected chi connectivity index (χ0v) is 12.1. The molecule has 0 amide bonds. The van der Waals surface area contributed by atoms with E-state index in [9.17, 15) is 4.79 Å². The average molecular weight is 351 g/mol. The third kappa shape index (κ3) is 2.13. The van der Waals surface area contributed by atoms with E-state index < -0.39 is 5.97 Å². The molecule has 0 unspecified atom stereocenters. The first kappa shape index (κ1) is 13.4. The summed E-state index contributed by atoms with van der Waals surface area (Å²) >= 11 is 15.3. The van der Waals surface area contributed by atoms with Crippen molar-refractivity contribution in [3.63, 3.8) is 0 Å². The summed E-state index contributed by atoms with van der Waals surface area (Å²) in [7, 11) is 1.44. The van der Waals surface area contributed by atoms with E-state index in [0.717, 1.165) is 0 Å². The van der Waals surface area contributed by atoms with Gasteiger partial charge in [-0.15, -0.1) is 0 Å². The standard InChI is InChI=1S/C11H6BrCl2NO3/c1-18-7-3-6(11(16)17)15-10-4(7)2-5(12)8(13)9(10)14/h2-3H,1H3,(H,16,17). The van der Waals surface area contributed by atoms with Crippen molar-refractivity contribution in [2.45, 2.75) is 0 Å². The van der Waals surface area contributed by atoms with Gasteiger partial charge < -0.3 is 9.84 Å². The predicted molar refractivity (Wildman–Crippen MR) is 73.0 cm³/mol. The Balaban J connectivity index is 2.92. The summed E-state index contributed by atoms with van der Waals surface area (Å²) in [5, 5.41) is 10.0. The number of ether oxygens (including phenoxy) is 1. The molecule has 94 valence electrons. The number of nitrogens with zero attached hydrogens (tertiary/aromatic N) is 1. The van der Waals surface area contributed by atoms with E-state index in [-0.39, 0.29) is 15.7 Å². The van der Waals surface area contributed by atoms with Gasteiger partial charge in [-0.1, -0.05) is 23.2 Å². The highest BCUT2D eigenvalue weighted by Crippen LogP contribution is 2.39. The Kier molecular flexibility index (Phi) is 3.66. The predicted octanol–water partition coefficient (Wildman–Crippen LogP) is 4.01. The maximum absolute atomic E-state index is 11.0. The first-order valence-corrected chi connectivity index (χ1v) is 6.26. The van der Waals surface area contributed by atoms with Gasteiger partial charge in [0, 0.05) is 15.9 Å². The highest BCUT2D eigenvalue weighted by atomic mass is 79.9. The third-order valence-electron chi connectivity index (χ3n) is 2.34. The molecule has 0 bridgehead atoms. The molecule has 0 spiro atoms. The highest BCUT2D eigenvalue weighted by molar-refractivity contribution is 9.10. The van der Waals surface area contributed by atoms with Crippen LogP contribution in [-0.2, 0) is 0 Å². The summed E-state index contributed by atoms with van der Waals surface area (Å²) in [6.07, 6.45) is 0. The monoisotopic (exact) mass is 349 g/mol. The second-order valence-corrected chi connectivity index (χ2v) is 5.01. The number of aromatic nitrogens is 1. The van der Waals surface area contributed by atoms with Crippen LogP contribution in [0.4, 0.5) is 0 Å². The molecule has 4 nitrogen and oxygen atoms in total. The Hall–Kier alpha value is -1.04. The van der Waals surface area contributed by atoms with Crippen molar-refractivity contribution in [2.75, 3.05) is 7.11 Å². The van der Waals surface area contributed by atoms with E-state index in [0.29, 0.717) is 21.1 Å². The van der Waals surface area contributed by atoms with E-state index in [2.05, 4.69) is 20.9 Å². The molecule has 0 aliphatic rings. The van der Waals surface area contributed by atoms with Crippen LogP contribution in [0.5, 0.6) is 5.75 Å². The lowest BCUT2D eigenvalue weighted by molar-refractivity contribution is 0.0690. The molecule has 0 atom stereocenters. The number of methoxy groups -OCH3 is 1. The number of hydrogen-bond acceptors (Lipinski definition) is 3. The maximum Gasteiger partial charge on any atom is 0.354 e. The van der Waals surface area contributed by atoms with Crippen LogP contribution in [0.1, 0.15) is 10.5 Å². The molecule has 1 aromatic carbocycles. The average Bonchev–Trinajstić information content (AvgIpc) is 2.35. The lowest BCUT2D eigenvalue weighted by Gasteiger charge is -2.10. The molecule has 1 aromatic heterocycles. The zero-order valence-electron chi connectivity index (χ0n) is 9.00. The largest absolute Gasteiger partial charge is 0.496 e. The first-order valence-electron chi connectivity index (χ1n) is 4.71. The van der Waals surface area contributed by atoms with E-state index in [1.165, 1.54) is 13.2 Å². The van der Waals surface area contributed by atoms with Gasteiger partial charge in [-0.05, 0) is 22.0 Å². The molecule has 7 heteroatoms. The van der Waals surface area contributed by atoms with E-state index in [1.54, 1.807) is 6.07 Å². The Bertz CT molecular complexity index is 661. The number of fused-ring (bicyclic) bond motifs is 1. The molecule has 2 aromatic rings. The van der Waals surface area contributed by atoms with Crippen molar-refractivity contribution in [3.8, 4) is 5.75 Å². The quantitative estimate of drug-likeness (QED) is 0.831. The summed E-state index contributed by atoms with van der Waals surface area (Å²) < 4.78 is 5.73. The SMILES string of the molecule is COc1cc(C(=O)O)nc2c(Cl)c(Cl)c(Br)cc12. The van der Waals surface area contributed by atoms with Crippen LogP contribution in [0.25, 0.3) is 10.9 Å². The number of carboxylic acid groups (broad SMARTS) is 1. The van der Waals surface area contributed by atoms with Crippen molar-refractivity contribution in [1.82, 2.24) is 4.98 Å². The van der Waals surface area contributed by atoms with E-state index in [1.807, 2.05) is 0 Å². The summed E-state index contributed by atoms with van der Waals surface area (Å²) in [6.45, 7) is 0. The number of halogens is 3. The van der Waals surface area contributed by atoms with Gasteiger partial charge >= 0.3 is 5.97 Å². The fourth-order valence-corrected chi connectivity index (χ4v) is 2.45. The van der Waals surface area contributed by atoms with Crippen LogP contribution < -0.4 is 4.74 Å². The third-order valence-corrected chi connectivity index (χ3v) is 4.05. The topological polar surface area (TPSA) is 59.4 Å². The molecule has 0 saturated heterocycles. The molecule has 18 heavy (non-hydrogen) atoms. The van der Waals surface area contributed by atoms with Crippen LogP contribution in [-0.4, -0.2) is 23.2 Å². The summed E-state index contributed by atoms with van der Waals surface area (Å²) in [4.78, 5) is 14.9. The second kappa shape index (κ2) is 4.91. The van der Waals surface area contributed by atoms with E-state index in [4.69, 9.17) is 33.0 Å². The van der Waals surface area contributed by atoms with Crippen molar-refractivity contribution in [3.05, 3.63) is 32.3 Å². The minimum atomic E-state index is -1.16. The number of pyridine rings is 1. The minimum absolute atomic E-state index is 0.153. The molecule has 1 heterocycles. The molecular formula is C11H6BrCl2NO3. The second-order valence-electron chi connectivity index (χ2n) is 3.40. The molecule has 0 saturated carbocycles. The van der Waals surface area contributed by atoms with Gasteiger partial charge in [0.05, 0.1) is 22.7 Å². The van der Waals surface area contributed by atoms with Gasteiger partial charge in [-0.2, -0.15) is 0 Å². The lowest BCUT2D eigenvalue weighted by Crippen LogP contribution is -2.02. The van der Waals surface area contributed by atoms with Crippen LogP contribution in [0, 0.1) is 0 Å². The summed E-state index contributed by atoms with van der Waals surface area (Å²) in [6, 6.07) is 3.02. The van der Waals surface area contributed by atoms with Gasteiger partial charge in [-0.25, -0.2) is 9.78 Å². The van der Waals surface area contributed by atoms with E-state index >= 15 is 0 Å². The number of carbonyl (C=O) groups is 1. The molecule has 0 aliphatic carbocycles. The molecular weight excluding hydrogens is 345 g/mol. The van der Waals surface area contributed by atoms with Gasteiger partial charge in [-0.3, -0.25) is 0 Å². The Morgan fingerprint density at radius 2 is 2.06 bits per heavy atom. The number of rotatable bonds is 2. The molecule has 0 radical (unpaired) electrons. The van der Waals surface area contributed by atoms with Crippen LogP contribution >= 0.6 is 39.1 Å². The molecule has 0 aliphatic heterocycles. The first-order chi connectivity index (χ1) is 8.45. The Morgan fingerprint density at radius 3 is 2.61 bits per heavy atom. The Morgan fingerprint density at radius 1 is 1.39 bits per heavy atom. The minimum Gasteiger partial charge on any atom is -0.496 e. The van der Waals surface area contributed by atoms with Crippen LogP contribution in [0.2, 0.25) is 10.0 Å². The number of benzene rings is 1. The van der Waals surface area contributed by atoms with Gasteiger partial charge in [0.1, 0.15) is 5.75 Å². The molecule has 1 N–H and O–H groups in total.